The Morgan fingerprint density at radius 1 is 1.25 bits per heavy atom. The van der Waals surface area contributed by atoms with Crippen LogP contribution in [0, 0.1) is 12.3 Å². The number of nitrogens with zero attached hydrogens (tertiary/aromatic N) is 1. The molecule has 0 spiro atoms. The largest absolute Gasteiger partial charge is 0.496 e. The van der Waals surface area contributed by atoms with Gasteiger partial charge < -0.3 is 20.1 Å². The van der Waals surface area contributed by atoms with Crippen molar-refractivity contribution in [2.75, 3.05) is 34.4 Å². The van der Waals surface area contributed by atoms with Gasteiger partial charge in [-0.2, -0.15) is 0 Å². The van der Waals surface area contributed by atoms with Crippen LogP contribution in [-0.2, 0) is 11.3 Å². The molecule has 0 aliphatic heterocycles. The van der Waals surface area contributed by atoms with E-state index in [2.05, 4.69) is 40.7 Å². The highest BCUT2D eigenvalue weighted by molar-refractivity contribution is 5.79. The molecule has 24 heavy (non-hydrogen) atoms. The Morgan fingerprint density at radius 3 is 2.62 bits per heavy atom. The van der Waals surface area contributed by atoms with Gasteiger partial charge >= 0.3 is 0 Å². The van der Waals surface area contributed by atoms with E-state index in [0.717, 1.165) is 43.4 Å². The molecule has 0 saturated heterocycles. The fourth-order valence-corrected chi connectivity index (χ4v) is 3.16. The summed E-state index contributed by atoms with van der Waals surface area (Å²) in [7, 11) is 5.29. The van der Waals surface area contributed by atoms with Crippen LogP contribution in [0.1, 0.15) is 36.8 Å². The first-order chi connectivity index (χ1) is 11.6. The number of ether oxygens (including phenoxy) is 2. The first kappa shape index (κ1) is 18.6. The van der Waals surface area contributed by atoms with Crippen LogP contribution in [0.2, 0.25) is 0 Å². The Kier molecular flexibility index (Phi) is 6.91. The van der Waals surface area contributed by atoms with E-state index < -0.39 is 0 Å². The van der Waals surface area contributed by atoms with Gasteiger partial charge in [0.25, 0.3) is 0 Å². The number of rotatable bonds is 8. The molecule has 5 heteroatoms. The van der Waals surface area contributed by atoms with E-state index in [4.69, 9.17) is 9.47 Å². The smallest absolute Gasteiger partial charge is 0.191 e. The van der Waals surface area contributed by atoms with E-state index in [9.17, 15) is 0 Å². The van der Waals surface area contributed by atoms with Crippen LogP contribution in [0.5, 0.6) is 5.75 Å². The number of guanidine groups is 1. The summed E-state index contributed by atoms with van der Waals surface area (Å²) in [6.07, 6.45) is 4.98. The van der Waals surface area contributed by atoms with Crippen molar-refractivity contribution in [3.63, 3.8) is 0 Å². The minimum absolute atomic E-state index is 0.376. The Hall–Kier alpha value is -1.75. The third-order valence-electron chi connectivity index (χ3n) is 5.04. The van der Waals surface area contributed by atoms with Crippen LogP contribution in [0.15, 0.2) is 23.2 Å². The number of hydrogen-bond acceptors (Lipinski definition) is 3. The van der Waals surface area contributed by atoms with Gasteiger partial charge in [0.2, 0.25) is 0 Å². The minimum atomic E-state index is 0.376. The number of aryl methyl sites for hydroxylation is 1. The zero-order valence-corrected chi connectivity index (χ0v) is 15.4. The van der Waals surface area contributed by atoms with E-state index in [1.54, 1.807) is 14.2 Å². The van der Waals surface area contributed by atoms with Crippen molar-refractivity contribution in [1.82, 2.24) is 10.6 Å². The maximum Gasteiger partial charge on any atom is 0.191 e. The Bertz CT molecular complexity index is 554. The normalized spacial score (nSPS) is 16.4. The highest BCUT2D eigenvalue weighted by Gasteiger charge is 2.36. The van der Waals surface area contributed by atoms with Gasteiger partial charge in [-0.15, -0.1) is 0 Å². The number of benzene rings is 1. The van der Waals surface area contributed by atoms with Gasteiger partial charge in [-0.25, -0.2) is 0 Å². The molecule has 5 nitrogen and oxygen atoms in total. The molecule has 1 aromatic rings. The van der Waals surface area contributed by atoms with Crippen molar-refractivity contribution >= 4 is 5.96 Å². The molecule has 0 aromatic heterocycles. The van der Waals surface area contributed by atoms with Crippen molar-refractivity contribution in [2.24, 2.45) is 10.4 Å². The molecule has 1 aliphatic rings. The Labute approximate surface area is 145 Å². The molecule has 1 saturated carbocycles. The van der Waals surface area contributed by atoms with E-state index in [0.29, 0.717) is 5.41 Å². The molecule has 0 atom stereocenters. The monoisotopic (exact) mass is 333 g/mol. The predicted molar refractivity (Wildman–Crippen MR) is 98.7 cm³/mol. The maximum atomic E-state index is 5.39. The summed E-state index contributed by atoms with van der Waals surface area (Å²) in [5, 5.41) is 6.87. The molecule has 2 N–H and O–H groups in total. The zero-order valence-electron chi connectivity index (χ0n) is 15.4. The summed E-state index contributed by atoms with van der Waals surface area (Å²) in [4.78, 5) is 4.34. The first-order valence-electron chi connectivity index (χ1n) is 8.69. The summed E-state index contributed by atoms with van der Waals surface area (Å²) in [5.41, 5.74) is 2.70. The van der Waals surface area contributed by atoms with E-state index in [1.165, 1.54) is 24.8 Å². The highest BCUT2D eigenvalue weighted by atomic mass is 16.5. The second-order valence-corrected chi connectivity index (χ2v) is 6.68. The molecule has 1 fully saturated rings. The van der Waals surface area contributed by atoms with E-state index >= 15 is 0 Å². The van der Waals surface area contributed by atoms with Gasteiger partial charge in [0.1, 0.15) is 5.75 Å². The average molecular weight is 333 g/mol. The lowest BCUT2D eigenvalue weighted by atomic mass is 9.67. The SMILES string of the molecule is CN=C(NCc1ccc(C)c(OC)c1)NCC1(CCOC)CCC1. The molecule has 0 amide bonds. The first-order valence-corrected chi connectivity index (χ1v) is 8.69. The molecular formula is C19H31N3O2. The van der Waals surface area contributed by atoms with Gasteiger partial charge in [0.05, 0.1) is 7.11 Å². The molecule has 0 heterocycles. The Morgan fingerprint density at radius 2 is 2.04 bits per heavy atom. The van der Waals surface area contributed by atoms with Gasteiger partial charge in [0, 0.05) is 33.9 Å². The van der Waals surface area contributed by atoms with Crippen LogP contribution in [0.25, 0.3) is 0 Å². The lowest BCUT2D eigenvalue weighted by Gasteiger charge is -2.42. The molecule has 1 aromatic carbocycles. The van der Waals surface area contributed by atoms with Crippen molar-refractivity contribution in [3.05, 3.63) is 29.3 Å². The minimum Gasteiger partial charge on any atom is -0.496 e. The quantitative estimate of drug-likeness (QED) is 0.567. The molecule has 0 radical (unpaired) electrons. The molecule has 2 rings (SSSR count). The number of methoxy groups -OCH3 is 2. The van der Waals surface area contributed by atoms with Crippen molar-refractivity contribution in [2.45, 2.75) is 39.2 Å². The van der Waals surface area contributed by atoms with Crippen LogP contribution in [0.3, 0.4) is 0 Å². The van der Waals surface area contributed by atoms with Crippen molar-refractivity contribution in [1.29, 1.82) is 0 Å². The highest BCUT2D eigenvalue weighted by Crippen LogP contribution is 2.43. The van der Waals surface area contributed by atoms with Crippen LogP contribution in [0.4, 0.5) is 0 Å². The number of nitrogens with one attached hydrogen (secondary N) is 2. The van der Waals surface area contributed by atoms with E-state index in [1.807, 2.05) is 7.05 Å². The molecule has 1 aliphatic carbocycles. The molecule has 0 unspecified atom stereocenters. The standard InChI is InChI=1S/C19H31N3O2/c1-15-6-7-16(12-17(15)24-4)13-21-18(20-2)22-14-19(8-5-9-19)10-11-23-3/h6-7,12H,5,8-11,13-14H2,1-4H3,(H2,20,21,22). The average Bonchev–Trinajstić information content (AvgIpc) is 2.57. The second-order valence-electron chi connectivity index (χ2n) is 6.68. The second kappa shape index (κ2) is 8.92. The third kappa shape index (κ3) is 4.87. The number of hydrogen-bond donors (Lipinski definition) is 2. The Balaban J connectivity index is 1.84. The van der Waals surface area contributed by atoms with Crippen molar-refractivity contribution < 1.29 is 9.47 Å². The fraction of sp³-hybridized carbons (Fsp3) is 0.632. The summed E-state index contributed by atoms with van der Waals surface area (Å²) in [5.74, 6) is 1.77. The van der Waals surface area contributed by atoms with Gasteiger partial charge in [-0.05, 0) is 48.8 Å². The van der Waals surface area contributed by atoms with E-state index in [-0.39, 0.29) is 0 Å². The van der Waals surface area contributed by atoms with Crippen LogP contribution >= 0.6 is 0 Å². The van der Waals surface area contributed by atoms with Gasteiger partial charge in [0.15, 0.2) is 5.96 Å². The summed E-state index contributed by atoms with van der Waals surface area (Å²) < 4.78 is 10.6. The van der Waals surface area contributed by atoms with Crippen molar-refractivity contribution in [3.8, 4) is 5.75 Å². The van der Waals surface area contributed by atoms with Gasteiger partial charge in [-0.1, -0.05) is 18.6 Å². The predicted octanol–water partition coefficient (Wildman–Crippen LogP) is 2.88. The third-order valence-corrected chi connectivity index (χ3v) is 5.04. The van der Waals surface area contributed by atoms with Crippen LogP contribution < -0.4 is 15.4 Å². The number of aliphatic imine (C=N–C) groups is 1. The lowest BCUT2D eigenvalue weighted by Crippen LogP contribution is -2.46. The molecule has 134 valence electrons. The molecule has 0 bridgehead atoms. The topological polar surface area (TPSA) is 54.9 Å². The lowest BCUT2D eigenvalue weighted by molar-refractivity contribution is 0.0732. The summed E-state index contributed by atoms with van der Waals surface area (Å²) in [6, 6.07) is 6.27. The van der Waals surface area contributed by atoms with Gasteiger partial charge in [-0.3, -0.25) is 4.99 Å². The summed E-state index contributed by atoms with van der Waals surface area (Å²) in [6.45, 7) is 4.56. The maximum absolute atomic E-state index is 5.39. The molecular weight excluding hydrogens is 302 g/mol. The fourth-order valence-electron chi connectivity index (χ4n) is 3.16. The van der Waals surface area contributed by atoms with Crippen LogP contribution in [-0.4, -0.2) is 40.4 Å². The zero-order chi connectivity index (χ0) is 17.4. The summed E-state index contributed by atoms with van der Waals surface area (Å²) >= 11 is 0.